The molecule has 6 nitrogen and oxygen atoms in total. The van der Waals surface area contributed by atoms with Gasteiger partial charge in [0, 0.05) is 18.0 Å². The summed E-state index contributed by atoms with van der Waals surface area (Å²) in [7, 11) is -0.763. The Morgan fingerprint density at radius 1 is 0.881 bits per heavy atom. The lowest BCUT2D eigenvalue weighted by molar-refractivity contribution is -0.295. The first-order valence-corrected chi connectivity index (χ1v) is 17.4. The van der Waals surface area contributed by atoms with Gasteiger partial charge in [0.15, 0.2) is 11.9 Å². The lowest BCUT2D eigenvalue weighted by Crippen LogP contribution is -2.79. The molecule has 3 aromatic rings. The van der Waals surface area contributed by atoms with E-state index in [-0.39, 0.29) is 11.1 Å². The Kier molecular flexibility index (Phi) is 5.72. The second-order valence-electron chi connectivity index (χ2n) is 14.0. The molecule has 0 aromatic heterocycles. The molecule has 220 valence electrons. The number of fused-ring (bicyclic) bond motifs is 1. The minimum absolute atomic E-state index is 0.0259. The molecule has 8 rings (SSSR count). The fourth-order valence-corrected chi connectivity index (χ4v) is 13.8. The quantitative estimate of drug-likeness (QED) is 0.466. The summed E-state index contributed by atoms with van der Waals surface area (Å²) in [5.41, 5.74) is 0.839. The van der Waals surface area contributed by atoms with E-state index in [9.17, 15) is 5.11 Å². The zero-order valence-corrected chi connectivity index (χ0v) is 26.1. The van der Waals surface area contributed by atoms with Crippen LogP contribution in [-0.4, -0.2) is 68.7 Å². The van der Waals surface area contributed by atoms with Crippen molar-refractivity contribution in [3.8, 4) is 11.5 Å². The molecule has 1 saturated carbocycles. The molecular formula is C35H41NO5Si. The second kappa shape index (κ2) is 8.93. The van der Waals surface area contributed by atoms with Crippen LogP contribution in [0.2, 0.25) is 5.04 Å². The number of aliphatic hydroxyl groups is 1. The number of likely N-dealkylation sites (N-methyl/N-ethyl adjacent to an activating group) is 1. The number of benzene rings is 3. The monoisotopic (exact) mass is 583 g/mol. The number of nitrogens with zero attached hydrogens (tertiary/aromatic N) is 1. The van der Waals surface area contributed by atoms with Gasteiger partial charge in [-0.2, -0.15) is 0 Å². The summed E-state index contributed by atoms with van der Waals surface area (Å²) in [6.45, 7) is 8.88. The molecule has 2 aliphatic carbocycles. The van der Waals surface area contributed by atoms with E-state index in [2.05, 4.69) is 106 Å². The SMILES string of the molecule is CN1CCC23c4c5ccc(O[Si](c6ccccc6)(c6ccccc6)C(C)(C)C)c4OC2C2(CC[C@@]3(O)C1C5)OCCO2. The van der Waals surface area contributed by atoms with Crippen molar-refractivity contribution in [3.05, 3.63) is 83.9 Å². The fraction of sp³-hybridized carbons (Fsp3) is 0.486. The van der Waals surface area contributed by atoms with E-state index >= 15 is 0 Å². The number of hydrogen-bond acceptors (Lipinski definition) is 6. The number of ether oxygens (including phenoxy) is 3. The maximum absolute atomic E-state index is 12.8. The van der Waals surface area contributed by atoms with Crippen molar-refractivity contribution in [2.24, 2.45) is 0 Å². The smallest absolute Gasteiger partial charge is 0.320 e. The van der Waals surface area contributed by atoms with Gasteiger partial charge < -0.3 is 28.6 Å². The fourth-order valence-electron chi connectivity index (χ4n) is 9.36. The molecule has 2 spiro atoms. The van der Waals surface area contributed by atoms with E-state index < -0.39 is 31.2 Å². The Bertz CT molecular complexity index is 1480. The molecule has 1 N–H and O–H groups in total. The third kappa shape index (κ3) is 3.24. The predicted molar refractivity (Wildman–Crippen MR) is 164 cm³/mol. The predicted octanol–water partition coefficient (Wildman–Crippen LogP) is 4.15. The van der Waals surface area contributed by atoms with Crippen LogP contribution in [0.15, 0.2) is 72.8 Å². The van der Waals surface area contributed by atoms with E-state index in [1.807, 2.05) is 0 Å². The van der Waals surface area contributed by atoms with Gasteiger partial charge in [-0.05, 0) is 59.9 Å². The Morgan fingerprint density at radius 2 is 1.52 bits per heavy atom. The van der Waals surface area contributed by atoms with Crippen LogP contribution in [0.3, 0.4) is 0 Å². The Hall–Kier alpha value is -2.68. The van der Waals surface area contributed by atoms with Gasteiger partial charge >= 0.3 is 8.32 Å². The van der Waals surface area contributed by atoms with Crippen molar-refractivity contribution < 1.29 is 23.7 Å². The third-order valence-corrected chi connectivity index (χ3v) is 16.1. The normalized spacial score (nSPS) is 31.1. The van der Waals surface area contributed by atoms with Crippen LogP contribution in [-0.2, 0) is 21.3 Å². The highest BCUT2D eigenvalue weighted by molar-refractivity contribution is 7.00. The molecule has 3 unspecified atom stereocenters. The summed E-state index contributed by atoms with van der Waals surface area (Å²) in [4.78, 5) is 2.35. The maximum atomic E-state index is 12.8. The molecule has 3 heterocycles. The van der Waals surface area contributed by atoms with Gasteiger partial charge in [-0.1, -0.05) is 87.5 Å². The van der Waals surface area contributed by atoms with Crippen LogP contribution >= 0.6 is 0 Å². The average Bonchev–Trinajstić information content (AvgIpc) is 3.60. The van der Waals surface area contributed by atoms with E-state index in [0.29, 0.717) is 26.1 Å². The van der Waals surface area contributed by atoms with Crippen LogP contribution in [0.1, 0.15) is 51.2 Å². The van der Waals surface area contributed by atoms with Crippen molar-refractivity contribution in [3.63, 3.8) is 0 Å². The molecule has 7 heteroatoms. The number of hydrogen-bond donors (Lipinski definition) is 1. The summed E-state index contributed by atoms with van der Waals surface area (Å²) in [6, 6.07) is 25.9. The summed E-state index contributed by atoms with van der Waals surface area (Å²) in [6.07, 6.45) is 2.40. The van der Waals surface area contributed by atoms with Crippen molar-refractivity contribution in [2.45, 2.75) is 80.4 Å². The number of rotatable bonds is 4. The van der Waals surface area contributed by atoms with Crippen LogP contribution < -0.4 is 19.5 Å². The van der Waals surface area contributed by atoms with E-state index in [4.69, 9.17) is 18.6 Å². The standard InChI is InChI=1S/C35H41NO5Si/c1-32(2,3)42(25-11-7-5-8-12-25,26-13-9-6-10-14-26)41-27-16-15-24-23-28-34(37)17-18-35(38-21-22-39-35)31-33(34,19-20-36(28)4)29(24)30(27)40-31/h5-16,28,31,37H,17-23H2,1-4H3/t28?,31?,33?,34-/m1/s1. The average molecular weight is 584 g/mol. The highest BCUT2D eigenvalue weighted by atomic mass is 28.4. The Balaban J connectivity index is 1.36. The highest BCUT2D eigenvalue weighted by Crippen LogP contribution is 2.68. The molecule has 2 saturated heterocycles. The van der Waals surface area contributed by atoms with Crippen LogP contribution in [0.25, 0.3) is 0 Å². The Morgan fingerprint density at radius 3 is 2.14 bits per heavy atom. The maximum Gasteiger partial charge on any atom is 0.320 e. The van der Waals surface area contributed by atoms with E-state index in [1.54, 1.807) is 0 Å². The first kappa shape index (κ1) is 26.9. The summed E-state index contributed by atoms with van der Waals surface area (Å²) in [5.74, 6) is 0.696. The van der Waals surface area contributed by atoms with Crippen LogP contribution in [0.5, 0.6) is 11.5 Å². The highest BCUT2D eigenvalue weighted by Gasteiger charge is 2.77. The Labute approximate surface area is 249 Å². The largest absolute Gasteiger partial charge is 0.531 e. The lowest BCUT2D eigenvalue weighted by Gasteiger charge is -2.64. The number of likely N-dealkylation sites (tertiary alicyclic amines) is 1. The summed E-state index contributed by atoms with van der Waals surface area (Å²) in [5, 5.41) is 15.0. The van der Waals surface area contributed by atoms with Crippen molar-refractivity contribution >= 4 is 18.7 Å². The summed E-state index contributed by atoms with van der Waals surface area (Å²) < 4.78 is 27.6. The zero-order valence-electron chi connectivity index (χ0n) is 25.1. The van der Waals surface area contributed by atoms with Crippen LogP contribution in [0.4, 0.5) is 0 Å². The minimum Gasteiger partial charge on any atom is -0.531 e. The minimum atomic E-state index is -2.92. The molecule has 3 aromatic carbocycles. The van der Waals surface area contributed by atoms with Crippen LogP contribution in [0, 0.1) is 0 Å². The summed E-state index contributed by atoms with van der Waals surface area (Å²) >= 11 is 0. The van der Waals surface area contributed by atoms with E-state index in [1.165, 1.54) is 15.9 Å². The lowest BCUT2D eigenvalue weighted by atomic mass is 9.48. The first-order valence-electron chi connectivity index (χ1n) is 15.5. The molecule has 0 radical (unpaired) electrons. The van der Waals surface area contributed by atoms with Crippen molar-refractivity contribution in [1.82, 2.24) is 4.90 Å². The van der Waals surface area contributed by atoms with Gasteiger partial charge in [0.25, 0.3) is 0 Å². The molecule has 3 fully saturated rings. The van der Waals surface area contributed by atoms with Gasteiger partial charge in [-0.15, -0.1) is 0 Å². The zero-order chi connectivity index (χ0) is 29.0. The van der Waals surface area contributed by atoms with Gasteiger partial charge in [0.2, 0.25) is 5.79 Å². The molecule has 2 bridgehead atoms. The van der Waals surface area contributed by atoms with Gasteiger partial charge in [0.1, 0.15) is 5.75 Å². The van der Waals surface area contributed by atoms with E-state index in [0.717, 1.165) is 36.4 Å². The molecule has 4 atom stereocenters. The van der Waals surface area contributed by atoms with Gasteiger partial charge in [-0.25, -0.2) is 0 Å². The topological polar surface area (TPSA) is 60.4 Å². The van der Waals surface area contributed by atoms with Gasteiger partial charge in [-0.3, -0.25) is 0 Å². The van der Waals surface area contributed by atoms with Gasteiger partial charge in [0.05, 0.1) is 24.2 Å². The molecular weight excluding hydrogens is 542 g/mol. The molecule has 42 heavy (non-hydrogen) atoms. The number of piperidine rings is 1. The molecule has 3 aliphatic heterocycles. The first-order chi connectivity index (χ1) is 20.2. The van der Waals surface area contributed by atoms with Crippen molar-refractivity contribution in [1.29, 1.82) is 0 Å². The molecule has 0 amide bonds. The molecule has 5 aliphatic rings. The van der Waals surface area contributed by atoms with Crippen molar-refractivity contribution in [2.75, 3.05) is 26.8 Å². The second-order valence-corrected chi connectivity index (χ2v) is 18.3. The third-order valence-electron chi connectivity index (χ3n) is 11.2.